The Bertz CT molecular complexity index is 683. The largest absolute Gasteiger partial charge is 0.445 e. The number of thiophene rings is 1. The first-order chi connectivity index (χ1) is 10.8. The highest BCUT2D eigenvalue weighted by Crippen LogP contribution is 2.10. The van der Waals surface area contributed by atoms with Crippen LogP contribution in [-0.2, 0) is 11.3 Å². The summed E-state index contributed by atoms with van der Waals surface area (Å²) in [6.45, 7) is 0.674. The molecule has 0 unspecified atom stereocenters. The van der Waals surface area contributed by atoms with Crippen molar-refractivity contribution in [2.75, 3.05) is 6.54 Å². The SMILES string of the molecule is O=Cc1cc(C#CCCNC(=O)OCc2ccccc2)cs1. The molecular formula is C17H15NO3S. The van der Waals surface area contributed by atoms with Crippen molar-refractivity contribution in [1.82, 2.24) is 5.32 Å². The molecule has 0 aliphatic heterocycles. The Morgan fingerprint density at radius 1 is 1.32 bits per heavy atom. The Kier molecular flexibility index (Phi) is 6.21. The maximum Gasteiger partial charge on any atom is 0.407 e. The molecule has 4 nitrogen and oxygen atoms in total. The van der Waals surface area contributed by atoms with Crippen molar-refractivity contribution in [2.45, 2.75) is 13.0 Å². The monoisotopic (exact) mass is 313 g/mol. The molecule has 1 N–H and O–H groups in total. The maximum absolute atomic E-state index is 11.5. The summed E-state index contributed by atoms with van der Waals surface area (Å²) in [7, 11) is 0. The van der Waals surface area contributed by atoms with Crippen LogP contribution in [0.3, 0.4) is 0 Å². The summed E-state index contributed by atoms with van der Waals surface area (Å²) in [6.07, 6.45) is 0.872. The molecule has 0 spiro atoms. The fourth-order valence-corrected chi connectivity index (χ4v) is 2.29. The average Bonchev–Trinajstić information content (AvgIpc) is 3.01. The van der Waals surface area contributed by atoms with E-state index in [0.29, 0.717) is 17.8 Å². The van der Waals surface area contributed by atoms with Crippen LogP contribution in [0.25, 0.3) is 0 Å². The number of carbonyl (C=O) groups excluding carboxylic acids is 2. The molecular weight excluding hydrogens is 298 g/mol. The van der Waals surface area contributed by atoms with Gasteiger partial charge in [0.25, 0.3) is 0 Å². The first kappa shape index (κ1) is 15.8. The predicted octanol–water partition coefficient (Wildman–Crippen LogP) is 3.23. The van der Waals surface area contributed by atoms with Gasteiger partial charge in [0.1, 0.15) is 6.61 Å². The van der Waals surface area contributed by atoms with Crippen molar-refractivity contribution in [3.63, 3.8) is 0 Å². The Morgan fingerprint density at radius 3 is 2.86 bits per heavy atom. The molecule has 1 amide bonds. The van der Waals surface area contributed by atoms with Crippen LogP contribution in [0.15, 0.2) is 41.8 Å². The van der Waals surface area contributed by atoms with Gasteiger partial charge < -0.3 is 10.1 Å². The van der Waals surface area contributed by atoms with Crippen molar-refractivity contribution in [1.29, 1.82) is 0 Å². The Balaban J connectivity index is 1.64. The molecule has 0 fully saturated rings. The Labute approximate surface area is 133 Å². The van der Waals surface area contributed by atoms with E-state index in [1.165, 1.54) is 11.3 Å². The minimum absolute atomic E-state index is 0.252. The van der Waals surface area contributed by atoms with Crippen LogP contribution in [0.4, 0.5) is 4.79 Å². The van der Waals surface area contributed by atoms with Crippen molar-refractivity contribution in [2.24, 2.45) is 0 Å². The van der Waals surface area contributed by atoms with Crippen molar-refractivity contribution >= 4 is 23.7 Å². The van der Waals surface area contributed by atoms with Gasteiger partial charge in [-0.15, -0.1) is 11.3 Å². The summed E-state index contributed by atoms with van der Waals surface area (Å²) >= 11 is 1.36. The molecule has 0 saturated carbocycles. The number of carbonyl (C=O) groups is 2. The van der Waals surface area contributed by atoms with E-state index in [-0.39, 0.29) is 6.61 Å². The number of benzene rings is 1. The van der Waals surface area contributed by atoms with E-state index < -0.39 is 6.09 Å². The second-order valence-corrected chi connectivity index (χ2v) is 5.34. The standard InChI is InChI=1S/C17H15NO3S/c19-11-16-10-15(13-22-16)8-4-5-9-18-17(20)21-12-14-6-2-1-3-7-14/h1-3,6-7,10-11,13H,5,9,12H2,(H,18,20). The molecule has 1 aromatic carbocycles. The summed E-state index contributed by atoms with van der Waals surface area (Å²) < 4.78 is 5.08. The lowest BCUT2D eigenvalue weighted by molar-refractivity contribution is 0.112. The average molecular weight is 313 g/mol. The first-order valence-corrected chi connectivity index (χ1v) is 7.63. The van der Waals surface area contributed by atoms with Gasteiger partial charge in [0.05, 0.1) is 4.88 Å². The van der Waals surface area contributed by atoms with Crippen LogP contribution in [0, 0.1) is 11.8 Å². The number of hydrogen-bond acceptors (Lipinski definition) is 4. The van der Waals surface area contributed by atoms with Gasteiger partial charge in [-0.3, -0.25) is 4.79 Å². The molecule has 1 heterocycles. The predicted molar refractivity (Wildman–Crippen MR) is 85.8 cm³/mol. The Morgan fingerprint density at radius 2 is 2.14 bits per heavy atom. The molecule has 0 aliphatic carbocycles. The van der Waals surface area contributed by atoms with Crippen LogP contribution in [0.5, 0.6) is 0 Å². The highest BCUT2D eigenvalue weighted by molar-refractivity contribution is 7.11. The summed E-state index contributed by atoms with van der Waals surface area (Å²) in [5.74, 6) is 5.88. The molecule has 0 radical (unpaired) electrons. The van der Waals surface area contributed by atoms with E-state index in [2.05, 4.69) is 17.2 Å². The molecule has 112 valence electrons. The summed E-state index contributed by atoms with van der Waals surface area (Å²) in [5, 5.41) is 4.47. The van der Waals surface area contributed by atoms with Gasteiger partial charge in [-0.25, -0.2) is 4.79 Å². The van der Waals surface area contributed by atoms with E-state index in [4.69, 9.17) is 4.74 Å². The van der Waals surface area contributed by atoms with E-state index in [1.54, 1.807) is 6.07 Å². The van der Waals surface area contributed by atoms with E-state index in [9.17, 15) is 9.59 Å². The summed E-state index contributed by atoms with van der Waals surface area (Å²) in [6, 6.07) is 11.2. The number of ether oxygens (including phenoxy) is 1. The second kappa shape index (κ2) is 8.65. The molecule has 0 bridgehead atoms. The van der Waals surface area contributed by atoms with Crippen LogP contribution >= 0.6 is 11.3 Å². The lowest BCUT2D eigenvalue weighted by Crippen LogP contribution is -2.24. The lowest BCUT2D eigenvalue weighted by Gasteiger charge is -2.05. The van der Waals surface area contributed by atoms with Crippen LogP contribution in [0.1, 0.15) is 27.2 Å². The van der Waals surface area contributed by atoms with Crippen molar-refractivity contribution in [3.05, 3.63) is 57.8 Å². The van der Waals surface area contributed by atoms with Gasteiger partial charge in [0, 0.05) is 23.9 Å². The zero-order chi connectivity index (χ0) is 15.6. The maximum atomic E-state index is 11.5. The van der Waals surface area contributed by atoms with E-state index in [0.717, 1.165) is 17.4 Å². The number of rotatable bonds is 5. The number of hydrogen-bond donors (Lipinski definition) is 1. The minimum Gasteiger partial charge on any atom is -0.445 e. The Hall–Kier alpha value is -2.58. The molecule has 0 atom stereocenters. The smallest absolute Gasteiger partial charge is 0.407 e. The van der Waals surface area contributed by atoms with Gasteiger partial charge >= 0.3 is 6.09 Å². The first-order valence-electron chi connectivity index (χ1n) is 6.75. The quantitative estimate of drug-likeness (QED) is 0.524. The van der Waals surface area contributed by atoms with E-state index in [1.807, 2.05) is 35.7 Å². The molecule has 0 saturated heterocycles. The molecule has 5 heteroatoms. The van der Waals surface area contributed by atoms with Gasteiger partial charge in [-0.1, -0.05) is 42.2 Å². The van der Waals surface area contributed by atoms with Crippen molar-refractivity contribution in [3.8, 4) is 11.8 Å². The van der Waals surface area contributed by atoms with Crippen LogP contribution in [-0.4, -0.2) is 18.9 Å². The highest BCUT2D eigenvalue weighted by atomic mass is 32.1. The minimum atomic E-state index is -0.454. The molecule has 1 aromatic heterocycles. The summed E-state index contributed by atoms with van der Waals surface area (Å²) in [5.41, 5.74) is 1.76. The molecule has 2 aromatic rings. The number of nitrogens with one attached hydrogen (secondary N) is 1. The van der Waals surface area contributed by atoms with Crippen LogP contribution < -0.4 is 5.32 Å². The van der Waals surface area contributed by atoms with Gasteiger partial charge in [0.2, 0.25) is 0 Å². The third kappa shape index (κ3) is 5.43. The lowest BCUT2D eigenvalue weighted by atomic mass is 10.2. The van der Waals surface area contributed by atoms with Gasteiger partial charge in [0.15, 0.2) is 6.29 Å². The van der Waals surface area contributed by atoms with E-state index >= 15 is 0 Å². The molecule has 22 heavy (non-hydrogen) atoms. The number of alkyl carbamates (subject to hydrolysis) is 1. The zero-order valence-corrected chi connectivity index (χ0v) is 12.7. The normalized spacial score (nSPS) is 9.45. The van der Waals surface area contributed by atoms with Gasteiger partial charge in [-0.05, 0) is 11.6 Å². The van der Waals surface area contributed by atoms with Crippen LogP contribution in [0.2, 0.25) is 0 Å². The molecule has 0 aliphatic rings. The fraction of sp³-hybridized carbons (Fsp3) is 0.176. The third-order valence-corrected chi connectivity index (χ3v) is 3.56. The second-order valence-electron chi connectivity index (χ2n) is 4.40. The number of aldehydes is 1. The topological polar surface area (TPSA) is 55.4 Å². The third-order valence-electron chi connectivity index (χ3n) is 2.70. The molecule has 2 rings (SSSR count). The highest BCUT2D eigenvalue weighted by Gasteiger charge is 2.00. The fourth-order valence-electron chi connectivity index (χ4n) is 1.65. The number of amides is 1. The van der Waals surface area contributed by atoms with Crippen molar-refractivity contribution < 1.29 is 14.3 Å². The summed E-state index contributed by atoms with van der Waals surface area (Å²) in [4.78, 5) is 22.7. The van der Waals surface area contributed by atoms with Gasteiger partial charge in [-0.2, -0.15) is 0 Å². The zero-order valence-electron chi connectivity index (χ0n) is 11.9.